The van der Waals surface area contributed by atoms with E-state index in [0.29, 0.717) is 11.4 Å². The van der Waals surface area contributed by atoms with Crippen molar-refractivity contribution in [1.82, 2.24) is 0 Å². The van der Waals surface area contributed by atoms with Gasteiger partial charge in [0.05, 0.1) is 11.5 Å². The molecule has 2 N–H and O–H groups in total. The average molecular weight is 290 g/mol. The fourth-order valence-corrected chi connectivity index (χ4v) is 3.47. The van der Waals surface area contributed by atoms with Crippen LogP contribution in [0.5, 0.6) is 0 Å². The molecule has 0 aliphatic rings. The van der Waals surface area contributed by atoms with Crippen molar-refractivity contribution in [2.45, 2.75) is 32.7 Å². The number of nitrogens with two attached hydrogens (primary N) is 1. The maximum absolute atomic E-state index is 11.8. The van der Waals surface area contributed by atoms with Crippen LogP contribution in [0.3, 0.4) is 0 Å². The Morgan fingerprint density at radius 2 is 2.06 bits per heavy atom. The summed E-state index contributed by atoms with van der Waals surface area (Å²) >= 11 is 5.93. The lowest BCUT2D eigenvalue weighted by atomic mass is 10.1. The van der Waals surface area contributed by atoms with Crippen LogP contribution in [0.15, 0.2) is 18.2 Å². The molecule has 0 spiro atoms. The van der Waals surface area contributed by atoms with Crippen LogP contribution in [0.2, 0.25) is 5.02 Å². The minimum atomic E-state index is -3.07. The van der Waals surface area contributed by atoms with E-state index < -0.39 is 15.9 Å². The molecule has 1 aromatic carbocycles. The van der Waals surface area contributed by atoms with E-state index in [1.807, 2.05) is 19.9 Å². The van der Waals surface area contributed by atoms with Gasteiger partial charge < -0.3 is 5.73 Å². The lowest BCUT2D eigenvalue weighted by Crippen LogP contribution is -2.23. The Labute approximate surface area is 114 Å². The van der Waals surface area contributed by atoms with Crippen LogP contribution in [0.25, 0.3) is 0 Å². The molecule has 1 atom stereocenters. The Morgan fingerprint density at radius 1 is 1.39 bits per heavy atom. The molecule has 0 aromatic heterocycles. The van der Waals surface area contributed by atoms with Gasteiger partial charge in [-0.25, -0.2) is 8.42 Å². The van der Waals surface area contributed by atoms with Gasteiger partial charge in [-0.2, -0.15) is 0 Å². The summed E-state index contributed by atoms with van der Waals surface area (Å²) in [5.74, 6) is 0.206. The van der Waals surface area contributed by atoms with Crippen molar-refractivity contribution in [2.75, 3.05) is 11.5 Å². The van der Waals surface area contributed by atoms with Gasteiger partial charge in [0, 0.05) is 11.1 Å². The zero-order valence-corrected chi connectivity index (χ0v) is 12.4. The van der Waals surface area contributed by atoms with Crippen LogP contribution < -0.4 is 5.73 Å². The lowest BCUT2D eigenvalue weighted by Gasteiger charge is -2.13. The maximum atomic E-state index is 11.8. The molecule has 0 aliphatic heterocycles. The largest absolute Gasteiger partial charge is 0.323 e. The van der Waals surface area contributed by atoms with Crippen molar-refractivity contribution >= 4 is 21.4 Å². The molecule has 5 heteroatoms. The Hall–Kier alpha value is -0.580. The first-order chi connectivity index (χ1) is 8.35. The molecule has 18 heavy (non-hydrogen) atoms. The third kappa shape index (κ3) is 4.59. The molecule has 0 saturated heterocycles. The summed E-state index contributed by atoms with van der Waals surface area (Å²) in [5, 5.41) is 0.666. The van der Waals surface area contributed by atoms with Gasteiger partial charge in [0.1, 0.15) is 0 Å². The molecule has 0 fully saturated rings. The molecule has 0 bridgehead atoms. The monoisotopic (exact) mass is 289 g/mol. The first kappa shape index (κ1) is 15.5. The zero-order chi connectivity index (χ0) is 13.8. The van der Waals surface area contributed by atoms with Crippen molar-refractivity contribution in [3.63, 3.8) is 0 Å². The number of rotatable bonds is 6. The van der Waals surface area contributed by atoms with Gasteiger partial charge in [0.2, 0.25) is 0 Å². The highest BCUT2D eigenvalue weighted by Gasteiger charge is 2.17. The normalized spacial score (nSPS) is 13.6. The fraction of sp³-hybridized carbons (Fsp3) is 0.538. The van der Waals surface area contributed by atoms with Crippen LogP contribution in [0, 0.1) is 6.92 Å². The highest BCUT2D eigenvalue weighted by molar-refractivity contribution is 7.91. The average Bonchev–Trinajstić information content (AvgIpc) is 2.29. The number of hydrogen-bond acceptors (Lipinski definition) is 3. The Morgan fingerprint density at radius 3 is 2.61 bits per heavy atom. The molecule has 0 aliphatic carbocycles. The summed E-state index contributed by atoms with van der Waals surface area (Å²) in [4.78, 5) is 0. The van der Waals surface area contributed by atoms with Crippen LogP contribution in [0.4, 0.5) is 0 Å². The summed E-state index contributed by atoms with van der Waals surface area (Å²) in [7, 11) is -3.07. The molecule has 1 aromatic rings. The second-order valence-corrected chi connectivity index (χ2v) is 7.22. The van der Waals surface area contributed by atoms with Gasteiger partial charge in [-0.15, -0.1) is 0 Å². The quantitative estimate of drug-likeness (QED) is 0.876. The number of benzene rings is 1. The number of hydrogen-bond donors (Lipinski definition) is 1. The fourth-order valence-electron chi connectivity index (χ4n) is 1.72. The van der Waals surface area contributed by atoms with Crippen LogP contribution in [-0.2, 0) is 9.84 Å². The van der Waals surface area contributed by atoms with Crippen LogP contribution in [0.1, 0.15) is 36.9 Å². The van der Waals surface area contributed by atoms with E-state index in [4.69, 9.17) is 17.3 Å². The molecule has 0 saturated carbocycles. The molecule has 102 valence electrons. The number of sulfone groups is 1. The molecule has 0 radical (unpaired) electrons. The number of unbranched alkanes of at least 4 members (excludes halogenated alkanes) is 1. The van der Waals surface area contributed by atoms with E-state index in [1.165, 1.54) is 0 Å². The van der Waals surface area contributed by atoms with E-state index in [2.05, 4.69) is 0 Å². The van der Waals surface area contributed by atoms with Crippen molar-refractivity contribution in [3.8, 4) is 0 Å². The van der Waals surface area contributed by atoms with E-state index in [-0.39, 0.29) is 11.5 Å². The van der Waals surface area contributed by atoms with Crippen LogP contribution >= 0.6 is 11.6 Å². The SMILES string of the molecule is CCCCS(=O)(=O)CC(N)c1ccc(Cl)c(C)c1. The topological polar surface area (TPSA) is 60.2 Å². The molecule has 0 amide bonds. The minimum Gasteiger partial charge on any atom is -0.323 e. The maximum Gasteiger partial charge on any atom is 0.152 e. The van der Waals surface area contributed by atoms with Crippen molar-refractivity contribution in [1.29, 1.82) is 0 Å². The number of halogens is 1. The standard InChI is InChI=1S/C13H20ClNO2S/c1-3-4-7-18(16,17)9-13(15)11-5-6-12(14)10(2)8-11/h5-6,8,13H,3-4,7,9,15H2,1-2H3. The highest BCUT2D eigenvalue weighted by Crippen LogP contribution is 2.21. The third-order valence-corrected chi connectivity index (χ3v) is 5.05. The smallest absolute Gasteiger partial charge is 0.152 e. The summed E-state index contributed by atoms with van der Waals surface area (Å²) in [5.41, 5.74) is 7.68. The molecular weight excluding hydrogens is 270 g/mol. The summed E-state index contributed by atoms with van der Waals surface area (Å²) in [6.45, 7) is 3.85. The molecule has 1 unspecified atom stereocenters. The summed E-state index contributed by atoms with van der Waals surface area (Å²) < 4.78 is 23.6. The van der Waals surface area contributed by atoms with Gasteiger partial charge in [-0.1, -0.05) is 37.1 Å². The molecular formula is C13H20ClNO2S. The second-order valence-electron chi connectivity index (χ2n) is 4.58. The van der Waals surface area contributed by atoms with Gasteiger partial charge in [0.25, 0.3) is 0 Å². The van der Waals surface area contributed by atoms with Gasteiger partial charge in [0.15, 0.2) is 9.84 Å². The zero-order valence-electron chi connectivity index (χ0n) is 10.8. The van der Waals surface area contributed by atoms with E-state index >= 15 is 0 Å². The minimum absolute atomic E-state index is 0.00588. The molecule has 3 nitrogen and oxygen atoms in total. The van der Waals surface area contributed by atoms with Crippen LogP contribution in [-0.4, -0.2) is 19.9 Å². The van der Waals surface area contributed by atoms with Crippen molar-refractivity contribution < 1.29 is 8.42 Å². The molecule has 1 rings (SSSR count). The second kappa shape index (κ2) is 6.55. The Bertz CT molecular complexity index is 500. The predicted molar refractivity (Wildman–Crippen MR) is 76.7 cm³/mol. The Kier molecular flexibility index (Phi) is 5.63. The molecule has 0 heterocycles. The van der Waals surface area contributed by atoms with E-state index in [1.54, 1.807) is 12.1 Å². The first-order valence-electron chi connectivity index (χ1n) is 6.08. The lowest BCUT2D eigenvalue weighted by molar-refractivity contribution is 0.585. The number of aryl methyl sites for hydroxylation is 1. The van der Waals surface area contributed by atoms with Crippen molar-refractivity contribution in [2.24, 2.45) is 5.73 Å². The summed E-state index contributed by atoms with van der Waals surface area (Å²) in [6.07, 6.45) is 1.56. The third-order valence-electron chi connectivity index (χ3n) is 2.85. The first-order valence-corrected chi connectivity index (χ1v) is 8.27. The van der Waals surface area contributed by atoms with E-state index in [9.17, 15) is 8.42 Å². The Balaban J connectivity index is 2.75. The van der Waals surface area contributed by atoms with Gasteiger partial charge in [-0.05, 0) is 30.5 Å². The van der Waals surface area contributed by atoms with Crippen molar-refractivity contribution in [3.05, 3.63) is 34.3 Å². The van der Waals surface area contributed by atoms with Gasteiger partial charge >= 0.3 is 0 Å². The predicted octanol–water partition coefficient (Wildman–Crippen LogP) is 2.86. The summed E-state index contributed by atoms with van der Waals surface area (Å²) in [6, 6.07) is 4.91. The van der Waals surface area contributed by atoms with E-state index in [0.717, 1.165) is 17.5 Å². The highest BCUT2D eigenvalue weighted by atomic mass is 35.5. The van der Waals surface area contributed by atoms with Gasteiger partial charge in [-0.3, -0.25) is 0 Å².